The van der Waals surface area contributed by atoms with Gasteiger partial charge in [0.15, 0.2) is 0 Å². The first-order valence-corrected chi connectivity index (χ1v) is 18.7. The van der Waals surface area contributed by atoms with Gasteiger partial charge in [-0.2, -0.15) is 12.6 Å². The molecule has 3 aromatic rings. The maximum absolute atomic E-state index is 6.12. The van der Waals surface area contributed by atoms with Crippen molar-refractivity contribution in [2.24, 2.45) is 0 Å². The van der Waals surface area contributed by atoms with Gasteiger partial charge in [-0.15, -0.1) is 23.2 Å². The second kappa shape index (κ2) is 24.3. The van der Waals surface area contributed by atoms with Crippen LogP contribution in [0.1, 0.15) is 89.8 Å². The van der Waals surface area contributed by atoms with E-state index in [0.717, 1.165) is 65.0 Å². The van der Waals surface area contributed by atoms with Crippen molar-refractivity contribution in [2.45, 2.75) is 73.1 Å². The number of hydrogen-bond donors (Lipinski definition) is 1. The summed E-state index contributed by atoms with van der Waals surface area (Å²) in [5.41, 5.74) is 7.70. The van der Waals surface area contributed by atoms with Crippen molar-refractivity contribution in [1.82, 2.24) is 0 Å². The fraction of sp³-hybridized carbons (Fsp3) is 0.526. The van der Waals surface area contributed by atoms with Crippen LogP contribution in [0.15, 0.2) is 72.8 Å². The maximum atomic E-state index is 6.12. The molecular formula is C38H59Cl2N3S. The second-order valence-corrected chi connectivity index (χ2v) is 11.3. The average Bonchev–Trinajstić information content (AvgIpc) is 3.07. The van der Waals surface area contributed by atoms with Gasteiger partial charge in [0.05, 0.1) is 0 Å². The van der Waals surface area contributed by atoms with Crippen LogP contribution in [-0.4, -0.2) is 57.3 Å². The van der Waals surface area contributed by atoms with E-state index in [0.29, 0.717) is 11.8 Å². The summed E-state index contributed by atoms with van der Waals surface area (Å²) in [6, 6.07) is 27.5. The number of nitrogens with zero attached hydrogens (tertiary/aromatic N) is 3. The summed E-state index contributed by atoms with van der Waals surface area (Å²) in [5, 5.41) is 0. The van der Waals surface area contributed by atoms with Gasteiger partial charge in [-0.05, 0) is 85.0 Å². The Balaban J connectivity index is 0.00000232. The minimum Gasteiger partial charge on any atom is -0.372 e. The van der Waals surface area contributed by atoms with Gasteiger partial charge in [0, 0.05) is 74.0 Å². The van der Waals surface area contributed by atoms with Crippen LogP contribution in [-0.2, 0) is 0 Å². The molecule has 3 aromatic carbocycles. The van der Waals surface area contributed by atoms with E-state index < -0.39 is 0 Å². The Morgan fingerprint density at radius 2 is 0.682 bits per heavy atom. The maximum Gasteiger partial charge on any atom is 0.0399 e. The van der Waals surface area contributed by atoms with E-state index in [1.54, 1.807) is 6.26 Å². The first-order chi connectivity index (χ1) is 21.6. The van der Waals surface area contributed by atoms with E-state index in [1.165, 1.54) is 33.8 Å². The summed E-state index contributed by atoms with van der Waals surface area (Å²) in [6.07, 6.45) is 6.21. The van der Waals surface area contributed by atoms with Gasteiger partial charge >= 0.3 is 0 Å². The van der Waals surface area contributed by atoms with Gasteiger partial charge in [0.1, 0.15) is 0 Å². The van der Waals surface area contributed by atoms with E-state index in [2.05, 4.69) is 128 Å². The Morgan fingerprint density at radius 1 is 0.455 bits per heavy atom. The second-order valence-electron chi connectivity index (χ2n) is 10.5. The van der Waals surface area contributed by atoms with Crippen molar-refractivity contribution in [3.63, 3.8) is 0 Å². The number of alkyl halides is 2. The number of rotatable bonds is 18. The molecule has 0 spiro atoms. The molecule has 0 N–H and O–H groups in total. The van der Waals surface area contributed by atoms with E-state index in [4.69, 9.17) is 23.2 Å². The molecule has 0 heterocycles. The van der Waals surface area contributed by atoms with Gasteiger partial charge < -0.3 is 14.7 Å². The molecule has 0 saturated heterocycles. The largest absolute Gasteiger partial charge is 0.372 e. The first-order valence-electron chi connectivity index (χ1n) is 16.7. The third kappa shape index (κ3) is 12.4. The zero-order chi connectivity index (χ0) is 32.7. The SMILES string of the molecule is CC.CCCN(CCC)c1ccc(C(c2ccc(N(CCC)CCCl)cc2)c2ccc(N(CCC)CCCl)cc2)cc1.CS. The molecule has 0 amide bonds. The fourth-order valence-electron chi connectivity index (χ4n) is 5.60. The van der Waals surface area contributed by atoms with Crippen LogP contribution in [0.2, 0.25) is 0 Å². The van der Waals surface area contributed by atoms with E-state index >= 15 is 0 Å². The third-order valence-corrected chi connectivity index (χ3v) is 7.80. The van der Waals surface area contributed by atoms with Crippen molar-refractivity contribution in [2.75, 3.05) is 72.0 Å². The standard InChI is InChI=1S/C35H49Cl2N3.C2H6.CH4S/c1-5-23-38(24-6-2)32-15-9-29(10-16-32)35(30-11-17-33(18-12-30)39(25-7-3)27-21-36)31-13-19-34(20-14-31)40(26-8-4)28-22-37;2*1-2/h9-20,35H,5-8,21-28H2,1-4H3;1-2H3;2H,1H3. The number of anilines is 3. The van der Waals surface area contributed by atoms with Gasteiger partial charge in [-0.25, -0.2) is 0 Å². The summed E-state index contributed by atoms with van der Waals surface area (Å²) in [4.78, 5) is 7.26. The smallest absolute Gasteiger partial charge is 0.0399 e. The van der Waals surface area contributed by atoms with Crippen LogP contribution in [0.25, 0.3) is 0 Å². The Bertz CT molecular complexity index is 931. The third-order valence-electron chi connectivity index (χ3n) is 7.46. The van der Waals surface area contributed by atoms with E-state index in [-0.39, 0.29) is 5.92 Å². The molecule has 44 heavy (non-hydrogen) atoms. The predicted molar refractivity (Wildman–Crippen MR) is 206 cm³/mol. The average molecular weight is 661 g/mol. The highest BCUT2D eigenvalue weighted by Gasteiger charge is 2.19. The molecular weight excluding hydrogens is 601 g/mol. The number of thiol groups is 1. The summed E-state index contributed by atoms with van der Waals surface area (Å²) in [7, 11) is 0. The number of benzene rings is 3. The zero-order valence-electron chi connectivity index (χ0n) is 28.5. The van der Waals surface area contributed by atoms with Gasteiger partial charge in [0.2, 0.25) is 0 Å². The van der Waals surface area contributed by atoms with Crippen LogP contribution in [0.3, 0.4) is 0 Å². The Morgan fingerprint density at radius 3 is 0.886 bits per heavy atom. The summed E-state index contributed by atoms with van der Waals surface area (Å²) in [6.45, 7) is 18.9. The van der Waals surface area contributed by atoms with Crippen molar-refractivity contribution in [3.05, 3.63) is 89.5 Å². The van der Waals surface area contributed by atoms with Crippen molar-refractivity contribution in [1.29, 1.82) is 0 Å². The number of hydrogen-bond acceptors (Lipinski definition) is 4. The Kier molecular flexibility index (Phi) is 22.1. The lowest BCUT2D eigenvalue weighted by atomic mass is 9.85. The highest BCUT2D eigenvalue weighted by atomic mass is 35.5. The molecule has 0 aliphatic carbocycles. The van der Waals surface area contributed by atoms with Crippen LogP contribution in [0, 0.1) is 0 Å². The molecule has 3 nitrogen and oxygen atoms in total. The molecule has 0 saturated carbocycles. The summed E-state index contributed by atoms with van der Waals surface area (Å²) in [5.74, 6) is 1.42. The van der Waals surface area contributed by atoms with Crippen LogP contribution in [0.5, 0.6) is 0 Å². The predicted octanol–water partition coefficient (Wildman–Crippen LogP) is 11.0. The summed E-state index contributed by atoms with van der Waals surface area (Å²) >= 11 is 15.8. The number of halogens is 2. The lowest BCUT2D eigenvalue weighted by Gasteiger charge is -2.27. The molecule has 0 unspecified atom stereocenters. The van der Waals surface area contributed by atoms with Gasteiger partial charge in [-0.3, -0.25) is 0 Å². The van der Waals surface area contributed by atoms with Gasteiger partial charge in [0.25, 0.3) is 0 Å². The molecule has 0 fully saturated rings. The van der Waals surface area contributed by atoms with Crippen LogP contribution in [0.4, 0.5) is 17.1 Å². The molecule has 0 radical (unpaired) electrons. The summed E-state index contributed by atoms with van der Waals surface area (Å²) < 4.78 is 0. The normalized spacial score (nSPS) is 10.4. The molecule has 3 rings (SSSR count). The lowest BCUT2D eigenvalue weighted by Crippen LogP contribution is -2.26. The van der Waals surface area contributed by atoms with Crippen molar-refractivity contribution >= 4 is 52.9 Å². The molecule has 0 aromatic heterocycles. The lowest BCUT2D eigenvalue weighted by molar-refractivity contribution is 0.744. The fourth-order valence-corrected chi connectivity index (χ4v) is 6.01. The molecule has 0 atom stereocenters. The molecule has 0 bridgehead atoms. The molecule has 246 valence electrons. The van der Waals surface area contributed by atoms with E-state index in [9.17, 15) is 0 Å². The molecule has 0 aliphatic rings. The Labute approximate surface area is 286 Å². The first kappa shape index (κ1) is 40.0. The Hall–Kier alpha value is -2.01. The highest BCUT2D eigenvalue weighted by molar-refractivity contribution is 7.79. The molecule has 0 aliphatic heterocycles. The highest BCUT2D eigenvalue weighted by Crippen LogP contribution is 2.35. The van der Waals surface area contributed by atoms with Crippen molar-refractivity contribution < 1.29 is 0 Å². The van der Waals surface area contributed by atoms with Crippen LogP contribution < -0.4 is 14.7 Å². The topological polar surface area (TPSA) is 9.72 Å². The quantitative estimate of drug-likeness (QED) is 0.0827. The zero-order valence-corrected chi connectivity index (χ0v) is 30.9. The van der Waals surface area contributed by atoms with E-state index in [1.807, 2.05) is 13.8 Å². The van der Waals surface area contributed by atoms with Crippen molar-refractivity contribution in [3.8, 4) is 0 Å². The monoisotopic (exact) mass is 659 g/mol. The molecule has 6 heteroatoms. The minimum absolute atomic E-state index is 0.156. The van der Waals surface area contributed by atoms with Crippen LogP contribution >= 0.6 is 35.8 Å². The minimum atomic E-state index is 0.156. The van der Waals surface area contributed by atoms with Gasteiger partial charge in [-0.1, -0.05) is 77.9 Å².